The number of esters is 2. The van der Waals surface area contributed by atoms with E-state index in [-0.39, 0.29) is 86.7 Å². The molecular formula is C111H111B2F9N2O12S2-2. The van der Waals surface area contributed by atoms with E-state index >= 15 is 0 Å². The highest BCUT2D eigenvalue weighted by molar-refractivity contribution is 7.89. The SMILES string of the molecule is C.C.C=C(C)C(=O)OC1CCN(S(=O)(=O)c2ccccc2C2=c3cc/c(=C\c4c(C)cccc4C)cc3Oc3cc(Cc4c(C)cc(OCc5ccccc5[B-](C)(C(F)(F)F)C(F)(F)F)cc4C)ccc32)CC1.C=C(C)C(=O)OC1CCN(S(=O)(=O)c2ccccc2C2=c3cc/c(=C\c4c(C)cccc4C)cc3Oc3cc(Cc4c(C)cc(OCc5ccccc5[B-](F)(F)F)cc4C)ccc32)CC1. The van der Waals surface area contributed by atoms with Crippen molar-refractivity contribution in [2.24, 2.45) is 0 Å². The van der Waals surface area contributed by atoms with Gasteiger partial charge in [-0.2, -0.15) is 20.9 Å². The maximum absolute atomic E-state index is 14.7. The molecule has 0 unspecified atom stereocenters. The van der Waals surface area contributed by atoms with Crippen LogP contribution >= 0.6 is 0 Å². The Bertz CT molecular complexity index is 7180. The van der Waals surface area contributed by atoms with Crippen LogP contribution in [0.5, 0.6) is 34.5 Å². The van der Waals surface area contributed by atoms with E-state index in [4.69, 9.17) is 28.4 Å². The zero-order valence-electron chi connectivity index (χ0n) is 77.3. The number of ether oxygens (including phenoxy) is 6. The molecule has 0 saturated carbocycles. The van der Waals surface area contributed by atoms with E-state index in [1.165, 1.54) is 32.9 Å². The predicted molar refractivity (Wildman–Crippen MR) is 529 cm³/mol. The van der Waals surface area contributed by atoms with E-state index in [1.807, 2.05) is 137 Å². The van der Waals surface area contributed by atoms with Gasteiger partial charge in [-0.05, 0) is 292 Å². The average Bonchev–Trinajstić information content (AvgIpc) is 0.741. The normalized spacial score (nSPS) is 14.6. The minimum absolute atomic E-state index is 0. The van der Waals surface area contributed by atoms with Crippen molar-refractivity contribution in [1.29, 1.82) is 0 Å². The Balaban J connectivity index is 0.000000230. The van der Waals surface area contributed by atoms with Gasteiger partial charge in [0.25, 0.3) is 18.3 Å². The predicted octanol–water partition coefficient (Wildman–Crippen LogP) is 21.9. The van der Waals surface area contributed by atoms with Crippen LogP contribution in [-0.4, -0.2) is 101 Å². The summed E-state index contributed by atoms with van der Waals surface area (Å²) in [5, 5.41) is 3.25. The van der Waals surface area contributed by atoms with Gasteiger partial charge in [-0.15, -0.1) is 5.46 Å². The summed E-state index contributed by atoms with van der Waals surface area (Å²) in [6, 6.07) is 67.2. The molecule has 0 spiro atoms. The van der Waals surface area contributed by atoms with Crippen molar-refractivity contribution >= 4 is 79.3 Å². The zero-order valence-corrected chi connectivity index (χ0v) is 78.9. The summed E-state index contributed by atoms with van der Waals surface area (Å²) < 4.78 is 224. The summed E-state index contributed by atoms with van der Waals surface area (Å²) in [7, 11) is -8.09. The Labute approximate surface area is 801 Å². The van der Waals surface area contributed by atoms with Gasteiger partial charge in [0.1, 0.15) is 59.9 Å². The average molecular weight is 1920 g/mol. The lowest BCUT2D eigenvalue weighted by atomic mass is 9.21. The fourth-order valence-corrected chi connectivity index (χ4v) is 21.7. The summed E-state index contributed by atoms with van der Waals surface area (Å²) in [4.78, 5) is 24.8. The van der Waals surface area contributed by atoms with E-state index in [0.717, 1.165) is 123 Å². The van der Waals surface area contributed by atoms with Crippen molar-refractivity contribution in [1.82, 2.24) is 8.61 Å². The number of halogens is 9. The maximum Gasteiger partial charge on any atom is 0.510 e. The van der Waals surface area contributed by atoms with Gasteiger partial charge in [-0.3, -0.25) is 0 Å². The number of rotatable bonds is 24. The maximum atomic E-state index is 14.7. The third-order valence-corrected chi connectivity index (χ3v) is 30.1. The van der Waals surface area contributed by atoms with Gasteiger partial charge in [0, 0.05) is 81.2 Å². The molecule has 12 aromatic carbocycles. The lowest BCUT2D eigenvalue weighted by molar-refractivity contribution is -0.146. The van der Waals surface area contributed by atoms with Crippen LogP contribution in [0.4, 0.5) is 39.3 Å². The first kappa shape index (κ1) is 102. The van der Waals surface area contributed by atoms with Crippen LogP contribution in [0.1, 0.15) is 166 Å². The first-order chi connectivity index (χ1) is 64.4. The molecule has 12 aromatic rings. The summed E-state index contributed by atoms with van der Waals surface area (Å²) in [6.07, 6.45) is -10.3. The summed E-state index contributed by atoms with van der Waals surface area (Å²) in [5.74, 6) is 1.96. The minimum Gasteiger partial charge on any atom is -0.489 e. The van der Waals surface area contributed by atoms with Gasteiger partial charge in [-0.1, -0.05) is 186 Å². The molecule has 14 nitrogen and oxygen atoms in total. The first-order valence-corrected chi connectivity index (χ1v) is 47.9. The largest absolute Gasteiger partial charge is 0.510 e. The number of carbonyl (C=O) groups excluding carboxylic acids is 2. The van der Waals surface area contributed by atoms with Gasteiger partial charge in [0.05, 0.1) is 9.79 Å². The van der Waals surface area contributed by atoms with Crippen LogP contribution in [0.2, 0.25) is 6.82 Å². The molecule has 2 fully saturated rings. The smallest absolute Gasteiger partial charge is 0.489 e. The standard InChI is InChI=1S/C56H53BF6NO6S.C53H50BF3NO6S.2CH4/c1-34(2)54(65)69-42-23-25-64(26-24-42)71(66,67)52-18-11-9-16-46(52)53-44-21-19-39(29-47-35(3)13-12-14-36(47)4)31-50(44)70-51-32-40(20-22-45(51)53)30-48-37(5)27-43(28-38(48)6)68-33-41-15-8-10-17-49(41)57(7,55(58,59)60)56(61,62)63;1-33(2)53(59)63-41-22-24-58(25-23-41)65(60,61)51-17-10-8-15-45(51)52-43-20-18-38(28-46-34(3)12-11-13-35(46)4)30-49(43)64-50-31-39(19-21-44(50)52)29-47-36(5)26-42(27-37(47)6)62-32-40-14-7-9-16-48(40)54(55,56)57;;/h8-22,27-29,31-32,42H,1,23-26,30,33H2,2-7H3;7-21,26-28,30-31,41H,1,22-25,29,32H2,2-6H3;2*1H4/q2*-1;;/b39-29+;38-28+;;. The molecule has 0 radical (unpaired) electrons. The molecule has 4 aliphatic rings. The lowest BCUT2D eigenvalue weighted by Gasteiger charge is -2.41. The number of alkyl halides is 6. The van der Waals surface area contributed by atoms with E-state index in [2.05, 4.69) is 77.3 Å². The molecule has 2 saturated heterocycles. The van der Waals surface area contributed by atoms with E-state index < -0.39 is 87.0 Å². The zero-order chi connectivity index (χ0) is 97.4. The molecular weight excluding hydrogens is 1810 g/mol. The van der Waals surface area contributed by atoms with Crippen LogP contribution in [0, 0.1) is 55.4 Å². The molecule has 4 aliphatic heterocycles. The Kier molecular flexibility index (Phi) is 30.7. The molecule has 0 aliphatic carbocycles. The molecule has 0 aromatic heterocycles. The fraction of sp³-hybridized carbons (Fsp3) is 0.261. The number of nitrogens with zero attached hydrogens (tertiary/aromatic N) is 2. The molecule has 0 N–H and O–H groups in total. The monoisotopic (exact) mass is 1920 g/mol. The molecule has 138 heavy (non-hydrogen) atoms. The quantitative estimate of drug-likeness (QED) is 0.0244. The number of piperidine rings is 2. The summed E-state index contributed by atoms with van der Waals surface area (Å²) in [5.41, 5.74) is 16.6. The third kappa shape index (κ3) is 21.6. The molecule has 720 valence electrons. The van der Waals surface area contributed by atoms with Crippen LogP contribution in [-0.2, 0) is 65.2 Å². The van der Waals surface area contributed by atoms with Crippen molar-refractivity contribution in [3.8, 4) is 34.5 Å². The highest BCUT2D eigenvalue weighted by Gasteiger charge is 2.63. The summed E-state index contributed by atoms with van der Waals surface area (Å²) >= 11 is 0. The Morgan fingerprint density at radius 1 is 0.420 bits per heavy atom. The van der Waals surface area contributed by atoms with Crippen molar-refractivity contribution < 1.29 is 94.1 Å². The Morgan fingerprint density at radius 2 is 0.761 bits per heavy atom. The fourth-order valence-electron chi connectivity index (χ4n) is 18.4. The van der Waals surface area contributed by atoms with Gasteiger partial charge in [-0.25, -0.2) is 52.8 Å². The number of fused-ring (bicyclic) bond motifs is 4. The summed E-state index contributed by atoms with van der Waals surface area (Å²) in [6.45, 7) is 21.3. The third-order valence-electron chi connectivity index (χ3n) is 26.2. The van der Waals surface area contributed by atoms with Crippen molar-refractivity contribution in [2.75, 3.05) is 26.2 Å². The molecule has 16 rings (SSSR count). The van der Waals surface area contributed by atoms with Gasteiger partial charge >= 0.3 is 18.9 Å². The number of hydrogen-bond acceptors (Lipinski definition) is 12. The second kappa shape index (κ2) is 41.4. The number of sulfonamides is 2. The van der Waals surface area contributed by atoms with Gasteiger partial charge in [0.2, 0.25) is 20.0 Å². The van der Waals surface area contributed by atoms with E-state index in [0.29, 0.717) is 100 Å². The lowest BCUT2D eigenvalue weighted by Crippen LogP contribution is -2.68. The van der Waals surface area contributed by atoms with E-state index in [9.17, 15) is 65.7 Å². The van der Waals surface area contributed by atoms with Crippen molar-refractivity contribution in [2.45, 2.75) is 177 Å². The number of hydrogen-bond donors (Lipinski definition) is 0. The van der Waals surface area contributed by atoms with Crippen LogP contribution in [0.3, 0.4) is 0 Å². The van der Waals surface area contributed by atoms with Gasteiger partial charge in [0.15, 0.2) is 0 Å². The van der Waals surface area contributed by atoms with Crippen LogP contribution in [0.25, 0.3) is 23.3 Å². The molecule has 4 heterocycles. The number of benzene rings is 12. The first-order valence-electron chi connectivity index (χ1n) is 45.0. The van der Waals surface area contributed by atoms with Crippen LogP contribution in [0.15, 0.2) is 265 Å². The van der Waals surface area contributed by atoms with Crippen LogP contribution < -0.4 is 50.7 Å². The highest BCUT2D eigenvalue weighted by Crippen LogP contribution is 2.46. The number of aryl methyl sites for hydroxylation is 8. The van der Waals surface area contributed by atoms with Gasteiger partial charge < -0.3 is 41.4 Å². The Morgan fingerprint density at radius 3 is 1.12 bits per heavy atom. The second-order valence-corrected chi connectivity index (χ2v) is 39.8. The van der Waals surface area contributed by atoms with Crippen molar-refractivity contribution in [3.05, 3.63) is 387 Å². The second-order valence-electron chi connectivity index (χ2n) is 36.0. The minimum atomic E-state index is -5.55. The molecule has 0 amide bonds. The molecule has 0 bridgehead atoms. The molecule has 27 heteroatoms. The number of carbonyl (C=O) groups is 2. The highest BCUT2D eigenvalue weighted by atomic mass is 32.2. The topological polar surface area (TPSA) is 164 Å². The van der Waals surface area contributed by atoms with Crippen molar-refractivity contribution in [3.63, 3.8) is 0 Å². The Hall–Kier alpha value is -12.9. The van der Waals surface area contributed by atoms with E-state index in [1.54, 1.807) is 68.4 Å². The molecule has 0 atom stereocenters.